The third kappa shape index (κ3) is 5.55. The first-order valence-electron chi connectivity index (χ1n) is 13.8. The molecule has 3 atom stereocenters. The van der Waals surface area contributed by atoms with Crippen LogP contribution in [0.3, 0.4) is 0 Å². The highest BCUT2D eigenvalue weighted by molar-refractivity contribution is 7.17. The van der Waals surface area contributed by atoms with Crippen molar-refractivity contribution in [2.45, 2.75) is 52.2 Å². The summed E-state index contributed by atoms with van der Waals surface area (Å²) in [6, 6.07) is 13.1. The van der Waals surface area contributed by atoms with E-state index in [1.807, 2.05) is 39.8 Å². The Labute approximate surface area is 250 Å². The number of methoxy groups -OCH3 is 1. The maximum atomic E-state index is 15.9. The summed E-state index contributed by atoms with van der Waals surface area (Å²) in [4.78, 5) is 26.7. The van der Waals surface area contributed by atoms with E-state index in [2.05, 4.69) is 29.6 Å². The molecule has 0 bridgehead atoms. The van der Waals surface area contributed by atoms with E-state index in [0.29, 0.717) is 29.9 Å². The van der Waals surface area contributed by atoms with E-state index < -0.39 is 17.3 Å². The number of aromatic nitrogens is 6. The number of ether oxygens (including phenoxy) is 2. The van der Waals surface area contributed by atoms with Gasteiger partial charge in [0, 0.05) is 24.7 Å². The van der Waals surface area contributed by atoms with Crippen LogP contribution < -0.4 is 14.8 Å². The van der Waals surface area contributed by atoms with Crippen LogP contribution in [-0.2, 0) is 18.7 Å². The number of anilines is 1. The average Bonchev–Trinajstić information content (AvgIpc) is 3.59. The first kappa shape index (κ1) is 30.1. The smallest absolute Gasteiger partial charge is 0.263 e. The second-order valence-corrected chi connectivity index (χ2v) is 10.9. The topological polar surface area (TPSA) is 129 Å². The number of rotatable bonds is 10. The van der Waals surface area contributed by atoms with Gasteiger partial charge in [0.05, 0.1) is 12.6 Å². The van der Waals surface area contributed by atoms with Gasteiger partial charge in [0.2, 0.25) is 11.8 Å². The molecule has 13 heteroatoms. The van der Waals surface area contributed by atoms with Crippen LogP contribution in [0.25, 0.3) is 11.2 Å². The molecular weight excluding hydrogens is 572 g/mol. The lowest BCUT2D eigenvalue weighted by atomic mass is 9.82. The number of nitrogens with zero attached hydrogens (tertiary/aromatic N) is 6. The molecule has 0 aliphatic heterocycles. The highest BCUT2D eigenvalue weighted by atomic mass is 31.0. The number of carbonyl (C=O) groups excluding carboxylic acids is 1. The number of imidazole rings is 1. The number of benzene rings is 2. The molecule has 0 fully saturated rings. The van der Waals surface area contributed by atoms with Crippen LogP contribution in [0.5, 0.6) is 11.6 Å². The summed E-state index contributed by atoms with van der Waals surface area (Å²) in [6.07, 6.45) is 1.51. The molecule has 0 radical (unpaired) electrons. The van der Waals surface area contributed by atoms with E-state index in [0.717, 1.165) is 5.56 Å². The van der Waals surface area contributed by atoms with Crippen LogP contribution in [0.4, 0.5) is 10.3 Å². The first-order valence-corrected chi connectivity index (χ1v) is 14.4. The minimum absolute atomic E-state index is 0.0157. The predicted octanol–water partition coefficient (Wildman–Crippen LogP) is 4.66. The zero-order valence-electron chi connectivity index (χ0n) is 24.5. The van der Waals surface area contributed by atoms with Gasteiger partial charge in [-0.1, -0.05) is 33.5 Å². The van der Waals surface area contributed by atoms with Crippen molar-refractivity contribution in [3.05, 3.63) is 88.8 Å². The van der Waals surface area contributed by atoms with Crippen LogP contribution in [0.15, 0.2) is 54.9 Å². The van der Waals surface area contributed by atoms with Crippen molar-refractivity contribution < 1.29 is 23.8 Å². The first-order chi connectivity index (χ1) is 20.6. The van der Waals surface area contributed by atoms with E-state index in [4.69, 9.17) is 14.5 Å². The molecule has 5 aromatic rings. The number of carbonyl (C=O) groups is 1. The van der Waals surface area contributed by atoms with Crippen LogP contribution in [0, 0.1) is 12.7 Å². The van der Waals surface area contributed by atoms with Gasteiger partial charge < -0.3 is 19.1 Å². The Bertz CT molecular complexity index is 1800. The summed E-state index contributed by atoms with van der Waals surface area (Å²) in [5.74, 6) is -0.854. The summed E-state index contributed by atoms with van der Waals surface area (Å²) < 4.78 is 30.3. The van der Waals surface area contributed by atoms with Crippen molar-refractivity contribution in [3.63, 3.8) is 0 Å². The lowest BCUT2D eigenvalue weighted by Crippen LogP contribution is -2.34. The van der Waals surface area contributed by atoms with Crippen molar-refractivity contribution in [2.75, 3.05) is 12.4 Å². The lowest BCUT2D eigenvalue weighted by molar-refractivity contribution is 0.102. The fourth-order valence-electron chi connectivity index (χ4n) is 5.06. The SMILES string of the molecule is CCn1cnc(NC(=O)c2cc3c(nc2OC)nc(C(O)(c2ccccc2C)c2ccc(OC(C)P)cc2F)n3CC)n1. The quantitative estimate of drug-likeness (QED) is 0.220. The van der Waals surface area contributed by atoms with Crippen LogP contribution in [-0.4, -0.2) is 53.3 Å². The number of hydrogen-bond acceptors (Lipinski definition) is 8. The number of aryl methyl sites for hydroxylation is 3. The molecule has 3 heterocycles. The van der Waals surface area contributed by atoms with E-state index in [9.17, 15) is 9.90 Å². The average molecular weight is 606 g/mol. The molecule has 0 aliphatic carbocycles. The van der Waals surface area contributed by atoms with E-state index >= 15 is 4.39 Å². The normalized spacial score (nSPS) is 13.5. The summed E-state index contributed by atoms with van der Waals surface area (Å²) in [7, 11) is 3.89. The molecular formula is C30H33FN7O4P. The summed E-state index contributed by atoms with van der Waals surface area (Å²) in [5.41, 5.74) is -0.121. The van der Waals surface area contributed by atoms with Crippen molar-refractivity contribution in [1.82, 2.24) is 29.3 Å². The fraction of sp³-hybridized carbons (Fsp3) is 0.300. The number of hydrogen-bond donors (Lipinski definition) is 2. The van der Waals surface area contributed by atoms with E-state index in [1.54, 1.807) is 33.5 Å². The van der Waals surface area contributed by atoms with Crippen molar-refractivity contribution >= 4 is 32.3 Å². The standard InChI is InChI=1S/C30H33FN7O4P/c1-6-37-16-32-29(36-37)35-26(39)20-15-24-25(33-27(20)41-5)34-28(38(24)7-2)30(40,21-11-9-8-10-17(21)3)22-13-12-19(14-23(22)31)42-18(4)43/h8-16,18,40H,6-7,43H2,1-5H3,(H,35,36,39). The molecule has 0 aliphatic rings. The molecule has 224 valence electrons. The van der Waals surface area contributed by atoms with Crippen LogP contribution >= 0.6 is 9.24 Å². The molecule has 11 nitrogen and oxygen atoms in total. The minimum atomic E-state index is -2.04. The van der Waals surface area contributed by atoms with Gasteiger partial charge in [-0.2, -0.15) is 4.98 Å². The number of nitrogens with one attached hydrogen (secondary N) is 1. The van der Waals surface area contributed by atoms with Crippen LogP contribution in [0.2, 0.25) is 0 Å². The maximum absolute atomic E-state index is 15.9. The van der Waals surface area contributed by atoms with E-state index in [1.165, 1.54) is 25.6 Å². The molecule has 43 heavy (non-hydrogen) atoms. The largest absolute Gasteiger partial charge is 0.487 e. The zero-order chi connectivity index (χ0) is 30.9. The molecule has 2 aromatic carbocycles. The van der Waals surface area contributed by atoms with Gasteiger partial charge in [0.15, 0.2) is 17.1 Å². The van der Waals surface area contributed by atoms with Gasteiger partial charge in [-0.15, -0.1) is 5.10 Å². The molecule has 3 unspecified atom stereocenters. The molecule has 0 spiro atoms. The van der Waals surface area contributed by atoms with E-state index in [-0.39, 0.29) is 40.3 Å². The summed E-state index contributed by atoms with van der Waals surface area (Å²) in [6.45, 7) is 8.33. The Morgan fingerprint density at radius 2 is 1.91 bits per heavy atom. The Morgan fingerprint density at radius 1 is 1.14 bits per heavy atom. The van der Waals surface area contributed by atoms with Gasteiger partial charge >= 0.3 is 0 Å². The molecule has 0 saturated heterocycles. The third-order valence-corrected chi connectivity index (χ3v) is 7.19. The fourth-order valence-corrected chi connectivity index (χ4v) is 5.22. The molecule has 1 amide bonds. The molecule has 3 aromatic heterocycles. The monoisotopic (exact) mass is 605 g/mol. The van der Waals surface area contributed by atoms with Gasteiger partial charge in [0.1, 0.15) is 29.3 Å². The molecule has 5 rings (SSSR count). The number of aliphatic hydroxyl groups is 1. The van der Waals surface area contributed by atoms with Gasteiger partial charge in [0.25, 0.3) is 5.91 Å². The zero-order valence-corrected chi connectivity index (χ0v) is 25.7. The third-order valence-electron chi connectivity index (χ3n) is 7.06. The number of amides is 1. The second-order valence-electron chi connectivity index (χ2n) is 9.94. The maximum Gasteiger partial charge on any atom is 0.263 e. The van der Waals surface area contributed by atoms with Gasteiger partial charge in [-0.3, -0.25) is 14.8 Å². The number of fused-ring (bicyclic) bond motifs is 1. The second kappa shape index (κ2) is 12.1. The highest BCUT2D eigenvalue weighted by Crippen LogP contribution is 2.41. The highest BCUT2D eigenvalue weighted by Gasteiger charge is 2.42. The van der Waals surface area contributed by atoms with Crippen molar-refractivity contribution in [3.8, 4) is 11.6 Å². The molecule has 2 N–H and O–H groups in total. The van der Waals surface area contributed by atoms with Gasteiger partial charge in [-0.25, -0.2) is 14.4 Å². The number of halogens is 1. The molecule has 0 saturated carbocycles. The Morgan fingerprint density at radius 3 is 2.53 bits per heavy atom. The number of pyridine rings is 1. The van der Waals surface area contributed by atoms with Crippen molar-refractivity contribution in [1.29, 1.82) is 0 Å². The van der Waals surface area contributed by atoms with Gasteiger partial charge in [-0.05, 0) is 57.0 Å². The summed E-state index contributed by atoms with van der Waals surface area (Å²) in [5, 5.41) is 19.5. The lowest BCUT2D eigenvalue weighted by Gasteiger charge is -2.31. The Balaban J connectivity index is 1.71. The Kier molecular flexibility index (Phi) is 8.43. The van der Waals surface area contributed by atoms with Crippen molar-refractivity contribution in [2.24, 2.45) is 0 Å². The predicted molar refractivity (Wildman–Crippen MR) is 163 cm³/mol. The summed E-state index contributed by atoms with van der Waals surface area (Å²) >= 11 is 0. The van der Waals surface area contributed by atoms with Crippen LogP contribution in [0.1, 0.15) is 53.6 Å². The Hall–Kier alpha value is -4.41. The minimum Gasteiger partial charge on any atom is -0.487 e.